The Morgan fingerprint density at radius 3 is 2.58 bits per heavy atom. The lowest BCUT2D eigenvalue weighted by atomic mass is 10.1. The number of aryl methyl sites for hydroxylation is 2. The van der Waals surface area contributed by atoms with Gasteiger partial charge >= 0.3 is 11.9 Å². The van der Waals surface area contributed by atoms with E-state index in [0.717, 1.165) is 5.56 Å². The molecule has 0 spiro atoms. The Bertz CT molecular complexity index is 934. The average Bonchev–Trinajstić information content (AvgIpc) is 2.58. The largest absolute Gasteiger partial charge is 0.481 e. The predicted molar refractivity (Wildman–Crippen MR) is 92.2 cm³/mol. The van der Waals surface area contributed by atoms with E-state index < -0.39 is 35.7 Å². The number of carbonyl (C=O) groups is 3. The van der Waals surface area contributed by atoms with Crippen LogP contribution >= 0.6 is 0 Å². The van der Waals surface area contributed by atoms with Crippen molar-refractivity contribution in [3.63, 3.8) is 0 Å². The molecule has 0 radical (unpaired) electrons. The van der Waals surface area contributed by atoms with Gasteiger partial charge in [-0.05, 0) is 31.9 Å². The van der Waals surface area contributed by atoms with E-state index in [1.165, 1.54) is 12.4 Å². The van der Waals surface area contributed by atoms with Gasteiger partial charge in [0.25, 0.3) is 5.91 Å². The molecule has 3 N–H and O–H groups in total. The number of fused-ring (bicyclic) bond motifs is 1. The van der Waals surface area contributed by atoms with Crippen molar-refractivity contribution in [3.05, 3.63) is 39.8 Å². The minimum atomic E-state index is -1.41. The fourth-order valence-electron chi connectivity index (χ4n) is 2.54. The number of hydrogen-bond donors (Lipinski definition) is 3. The summed E-state index contributed by atoms with van der Waals surface area (Å²) in [6.07, 6.45) is 2.16. The highest BCUT2D eigenvalue weighted by molar-refractivity contribution is 5.98. The highest BCUT2D eigenvalue weighted by Crippen LogP contribution is 2.12. The molecule has 9 heteroatoms. The first kappa shape index (κ1) is 19.1. The van der Waals surface area contributed by atoms with Gasteiger partial charge in [0.1, 0.15) is 17.1 Å². The second-order valence-corrected chi connectivity index (χ2v) is 5.84. The number of nitrogens with zero attached hydrogens (tertiary/aromatic N) is 2. The highest BCUT2D eigenvalue weighted by atomic mass is 16.4. The van der Waals surface area contributed by atoms with Gasteiger partial charge < -0.3 is 20.1 Å². The van der Waals surface area contributed by atoms with Crippen molar-refractivity contribution in [1.29, 1.82) is 0 Å². The molecule has 9 nitrogen and oxygen atoms in total. The number of nitrogens with one attached hydrogen (secondary N) is 1. The predicted octanol–water partition coefficient (Wildman–Crippen LogP) is 0.773. The van der Waals surface area contributed by atoms with Gasteiger partial charge in [-0.15, -0.1) is 0 Å². The van der Waals surface area contributed by atoms with Crippen LogP contribution in [0.4, 0.5) is 0 Å². The number of carbonyl (C=O) groups excluding carboxylic acids is 1. The topological polar surface area (TPSA) is 139 Å². The summed E-state index contributed by atoms with van der Waals surface area (Å²) < 4.78 is 1.68. The van der Waals surface area contributed by atoms with Crippen molar-refractivity contribution >= 4 is 28.9 Å². The van der Waals surface area contributed by atoms with Crippen LogP contribution in [0.3, 0.4) is 0 Å². The zero-order chi connectivity index (χ0) is 19.4. The van der Waals surface area contributed by atoms with Crippen LogP contribution in [0.1, 0.15) is 35.7 Å². The molecule has 2 heterocycles. The molecule has 0 aliphatic carbocycles. The van der Waals surface area contributed by atoms with E-state index in [4.69, 9.17) is 10.2 Å². The molecule has 0 aliphatic rings. The van der Waals surface area contributed by atoms with Crippen LogP contribution in [-0.2, 0) is 16.1 Å². The number of carboxylic acid groups (broad SMARTS) is 2. The fourth-order valence-corrected chi connectivity index (χ4v) is 2.54. The Morgan fingerprint density at radius 2 is 2.00 bits per heavy atom. The Hall–Kier alpha value is -3.23. The molecule has 2 aromatic heterocycles. The molecule has 0 fully saturated rings. The Morgan fingerprint density at radius 1 is 1.31 bits per heavy atom. The van der Waals surface area contributed by atoms with Crippen LogP contribution in [0.2, 0.25) is 0 Å². The van der Waals surface area contributed by atoms with Crippen molar-refractivity contribution in [2.75, 3.05) is 0 Å². The summed E-state index contributed by atoms with van der Waals surface area (Å²) in [5.41, 5.74) is 0.704. The number of amides is 1. The highest BCUT2D eigenvalue weighted by Gasteiger charge is 2.24. The van der Waals surface area contributed by atoms with E-state index in [1.807, 2.05) is 13.8 Å². The van der Waals surface area contributed by atoms with Crippen molar-refractivity contribution in [2.45, 2.75) is 39.3 Å². The van der Waals surface area contributed by atoms with Crippen LogP contribution in [0.5, 0.6) is 0 Å². The smallest absolute Gasteiger partial charge is 0.326 e. The van der Waals surface area contributed by atoms with Crippen LogP contribution in [0.15, 0.2) is 23.3 Å². The minimum absolute atomic E-state index is 0.113. The molecule has 0 aromatic carbocycles. The maximum absolute atomic E-state index is 12.6. The summed E-state index contributed by atoms with van der Waals surface area (Å²) in [6.45, 7) is 4.14. The van der Waals surface area contributed by atoms with Crippen molar-refractivity contribution in [2.24, 2.45) is 0 Å². The Labute approximate surface area is 148 Å². The summed E-state index contributed by atoms with van der Waals surface area (Å²) in [5.74, 6) is -3.42. The van der Waals surface area contributed by atoms with E-state index in [1.54, 1.807) is 10.6 Å². The molecule has 0 unspecified atom stereocenters. The summed E-state index contributed by atoms with van der Waals surface area (Å²) >= 11 is 0. The second kappa shape index (κ2) is 7.77. The van der Waals surface area contributed by atoms with Crippen LogP contribution in [-0.4, -0.2) is 43.7 Å². The summed E-state index contributed by atoms with van der Waals surface area (Å²) in [6, 6.07) is 0.372. The van der Waals surface area contributed by atoms with Crippen molar-refractivity contribution in [1.82, 2.24) is 14.9 Å². The summed E-state index contributed by atoms with van der Waals surface area (Å²) in [7, 11) is 0. The molecule has 1 amide bonds. The maximum atomic E-state index is 12.6. The Balaban J connectivity index is 2.42. The second-order valence-electron chi connectivity index (χ2n) is 5.84. The number of carboxylic acids is 2. The van der Waals surface area contributed by atoms with Gasteiger partial charge in [0, 0.05) is 25.4 Å². The number of aliphatic carboxylic acids is 2. The third-order valence-electron chi connectivity index (χ3n) is 3.89. The van der Waals surface area contributed by atoms with Crippen molar-refractivity contribution in [3.8, 4) is 0 Å². The van der Waals surface area contributed by atoms with E-state index in [0.29, 0.717) is 12.1 Å². The van der Waals surface area contributed by atoms with Gasteiger partial charge in [-0.25, -0.2) is 4.79 Å². The minimum Gasteiger partial charge on any atom is -0.481 e. The van der Waals surface area contributed by atoms with E-state index >= 15 is 0 Å². The van der Waals surface area contributed by atoms with Gasteiger partial charge in [0.15, 0.2) is 0 Å². The number of rotatable bonds is 7. The lowest BCUT2D eigenvalue weighted by molar-refractivity contribution is -0.140. The molecule has 0 saturated heterocycles. The standard InChI is InChI=1S/C17H19N3O6/c1-3-20-8-10(15(23)14-12(20)6-9(2)7-18-14)16(24)19-11(17(25)26)4-5-13(21)22/h6-8,11H,3-5H2,1-2H3,(H,19,24)(H,21,22)(H,25,26)/t11-/m1/s1. The molecule has 2 aromatic rings. The van der Waals surface area contributed by atoms with Crippen LogP contribution < -0.4 is 10.7 Å². The number of pyridine rings is 2. The first-order chi connectivity index (χ1) is 12.2. The van der Waals surface area contributed by atoms with Crippen molar-refractivity contribution < 1.29 is 24.6 Å². The molecular weight excluding hydrogens is 342 g/mol. The molecule has 138 valence electrons. The van der Waals surface area contributed by atoms with Gasteiger partial charge in [-0.1, -0.05) is 0 Å². The first-order valence-corrected chi connectivity index (χ1v) is 7.99. The molecular formula is C17H19N3O6. The normalized spacial score (nSPS) is 11.9. The summed E-state index contributed by atoms with van der Waals surface area (Å²) in [4.78, 5) is 51.0. The van der Waals surface area contributed by atoms with E-state index in [2.05, 4.69) is 10.3 Å². The third-order valence-corrected chi connectivity index (χ3v) is 3.89. The van der Waals surface area contributed by atoms with E-state index in [-0.39, 0.29) is 17.5 Å². The van der Waals surface area contributed by atoms with Gasteiger partial charge in [0.05, 0.1) is 5.52 Å². The lowest BCUT2D eigenvalue weighted by Crippen LogP contribution is -2.42. The Kier molecular flexibility index (Phi) is 5.71. The molecule has 0 aliphatic heterocycles. The molecule has 0 saturated carbocycles. The lowest BCUT2D eigenvalue weighted by Gasteiger charge is -2.15. The summed E-state index contributed by atoms with van der Waals surface area (Å²) in [5, 5.41) is 20.0. The van der Waals surface area contributed by atoms with Crippen LogP contribution in [0.25, 0.3) is 11.0 Å². The van der Waals surface area contributed by atoms with E-state index in [9.17, 15) is 19.2 Å². The van der Waals surface area contributed by atoms with Gasteiger partial charge in [-0.2, -0.15) is 0 Å². The first-order valence-electron chi connectivity index (χ1n) is 7.99. The molecule has 1 atom stereocenters. The van der Waals surface area contributed by atoms with Crippen LogP contribution in [0, 0.1) is 6.92 Å². The average molecular weight is 361 g/mol. The molecule has 2 rings (SSSR count). The fraction of sp³-hybridized carbons (Fsp3) is 0.353. The molecule has 26 heavy (non-hydrogen) atoms. The molecule has 0 bridgehead atoms. The van der Waals surface area contributed by atoms with Gasteiger partial charge in [0.2, 0.25) is 5.43 Å². The third kappa shape index (κ3) is 4.05. The number of hydrogen-bond acceptors (Lipinski definition) is 5. The SMILES string of the molecule is CCn1cc(C(=O)N[C@H](CCC(=O)O)C(=O)O)c(=O)c2ncc(C)cc21. The monoisotopic (exact) mass is 361 g/mol. The van der Waals surface area contributed by atoms with Gasteiger partial charge in [-0.3, -0.25) is 19.4 Å². The zero-order valence-corrected chi connectivity index (χ0v) is 14.4. The maximum Gasteiger partial charge on any atom is 0.326 e. The quantitative estimate of drug-likeness (QED) is 0.662. The zero-order valence-electron chi connectivity index (χ0n) is 14.4. The number of aromatic nitrogens is 2.